The summed E-state index contributed by atoms with van der Waals surface area (Å²) in [6, 6.07) is 0.765. The number of hydrogen-bond acceptors (Lipinski definition) is 3. The number of nitrogens with two attached hydrogens (primary N) is 1. The number of likely N-dealkylation sites (N-methyl/N-ethyl adjacent to an activating group) is 1. The molecule has 1 atom stereocenters. The van der Waals surface area contributed by atoms with E-state index in [2.05, 4.69) is 11.9 Å². The van der Waals surface area contributed by atoms with Gasteiger partial charge >= 0.3 is 0 Å². The monoisotopic (exact) mass is 226 g/mol. The molecule has 0 bridgehead atoms. The number of nitrogens with zero attached hydrogens (tertiary/aromatic N) is 1. The van der Waals surface area contributed by atoms with Crippen LogP contribution < -0.4 is 5.73 Å². The fraction of sp³-hybridized carbons (Fsp3) is 1.00. The molecule has 1 saturated heterocycles. The molecule has 16 heavy (non-hydrogen) atoms. The first kappa shape index (κ1) is 12.3. The topological polar surface area (TPSA) is 38.5 Å². The summed E-state index contributed by atoms with van der Waals surface area (Å²) in [5.41, 5.74) is 6.29. The van der Waals surface area contributed by atoms with E-state index in [1.165, 1.54) is 32.1 Å². The van der Waals surface area contributed by atoms with Gasteiger partial charge in [0.05, 0.1) is 0 Å². The van der Waals surface area contributed by atoms with Gasteiger partial charge in [0.1, 0.15) is 0 Å². The molecule has 0 aromatic heterocycles. The molecule has 1 aliphatic carbocycles. The molecule has 1 saturated carbocycles. The Labute approximate surface area is 99.3 Å². The minimum Gasteiger partial charge on any atom is -0.381 e. The lowest BCUT2D eigenvalue weighted by Crippen LogP contribution is -2.55. The first-order chi connectivity index (χ1) is 7.78. The van der Waals surface area contributed by atoms with Crippen molar-refractivity contribution in [3.8, 4) is 0 Å². The predicted molar refractivity (Wildman–Crippen MR) is 66.5 cm³/mol. The number of rotatable bonds is 3. The molecular weight excluding hydrogens is 200 g/mol. The van der Waals surface area contributed by atoms with Crippen molar-refractivity contribution in [3.05, 3.63) is 0 Å². The molecule has 3 nitrogen and oxygen atoms in total. The molecule has 94 valence electrons. The average Bonchev–Trinajstić information content (AvgIpc) is 2.73. The highest BCUT2D eigenvalue weighted by Gasteiger charge is 2.38. The maximum Gasteiger partial charge on any atom is 0.0484 e. The minimum atomic E-state index is 0.214. The Morgan fingerprint density at radius 3 is 2.62 bits per heavy atom. The van der Waals surface area contributed by atoms with Crippen molar-refractivity contribution in [1.29, 1.82) is 0 Å². The number of ether oxygens (including phenoxy) is 1. The van der Waals surface area contributed by atoms with E-state index in [0.29, 0.717) is 0 Å². The zero-order valence-corrected chi connectivity index (χ0v) is 10.6. The van der Waals surface area contributed by atoms with Crippen molar-refractivity contribution >= 4 is 0 Å². The first-order valence-corrected chi connectivity index (χ1v) is 6.79. The van der Waals surface area contributed by atoms with Crippen LogP contribution in [-0.4, -0.2) is 43.3 Å². The van der Waals surface area contributed by atoms with Crippen LogP contribution in [0.25, 0.3) is 0 Å². The molecule has 2 aliphatic rings. The Balaban J connectivity index is 2.05. The largest absolute Gasteiger partial charge is 0.381 e. The van der Waals surface area contributed by atoms with Gasteiger partial charge in [0.2, 0.25) is 0 Å². The van der Waals surface area contributed by atoms with E-state index in [9.17, 15) is 0 Å². The van der Waals surface area contributed by atoms with Gasteiger partial charge in [0, 0.05) is 31.3 Å². The third-order valence-corrected chi connectivity index (χ3v) is 4.64. The van der Waals surface area contributed by atoms with E-state index >= 15 is 0 Å². The van der Waals surface area contributed by atoms with Gasteiger partial charge in [0.15, 0.2) is 0 Å². The Bertz CT molecular complexity index is 206. The maximum absolute atomic E-state index is 6.08. The highest BCUT2D eigenvalue weighted by Crippen LogP contribution is 2.33. The predicted octanol–water partition coefficient (Wildman–Crippen LogP) is 1.76. The molecule has 0 aromatic carbocycles. The van der Waals surface area contributed by atoms with Gasteiger partial charge in [-0.05, 0) is 39.2 Å². The van der Waals surface area contributed by atoms with Crippen LogP contribution >= 0.6 is 0 Å². The standard InChI is InChI=1S/C13H26N2O/c1-15(12-5-2-3-6-12)13(11-14)7-4-9-16-10-8-13/h12H,2-11,14H2,1H3. The normalized spacial score (nSPS) is 33.2. The molecule has 1 unspecified atom stereocenters. The van der Waals surface area contributed by atoms with Gasteiger partial charge in [-0.25, -0.2) is 0 Å². The van der Waals surface area contributed by atoms with Gasteiger partial charge in [-0.3, -0.25) is 4.90 Å². The summed E-state index contributed by atoms with van der Waals surface area (Å²) in [6.07, 6.45) is 8.98. The molecule has 2 fully saturated rings. The lowest BCUT2D eigenvalue weighted by molar-refractivity contribution is 0.0559. The summed E-state index contributed by atoms with van der Waals surface area (Å²) in [6.45, 7) is 2.58. The van der Waals surface area contributed by atoms with Crippen LogP contribution in [0.3, 0.4) is 0 Å². The van der Waals surface area contributed by atoms with E-state index in [1.807, 2.05) is 0 Å². The molecule has 0 amide bonds. The van der Waals surface area contributed by atoms with Gasteiger partial charge in [0.25, 0.3) is 0 Å². The highest BCUT2D eigenvalue weighted by atomic mass is 16.5. The second kappa shape index (κ2) is 5.48. The summed E-state index contributed by atoms with van der Waals surface area (Å²) in [5, 5.41) is 0. The summed E-state index contributed by atoms with van der Waals surface area (Å²) in [4.78, 5) is 2.59. The quantitative estimate of drug-likeness (QED) is 0.797. The van der Waals surface area contributed by atoms with E-state index in [4.69, 9.17) is 10.5 Å². The Morgan fingerprint density at radius 2 is 1.94 bits per heavy atom. The van der Waals surface area contributed by atoms with Crippen LogP contribution in [0.5, 0.6) is 0 Å². The summed E-state index contributed by atoms with van der Waals surface area (Å²) >= 11 is 0. The second-order valence-corrected chi connectivity index (χ2v) is 5.44. The van der Waals surface area contributed by atoms with Crippen molar-refractivity contribution in [2.75, 3.05) is 26.8 Å². The highest BCUT2D eigenvalue weighted by molar-refractivity contribution is 4.95. The molecule has 2 N–H and O–H groups in total. The first-order valence-electron chi connectivity index (χ1n) is 6.79. The SMILES string of the molecule is CN(C1CCCC1)C1(CN)CCCOCC1. The molecular formula is C13H26N2O. The molecule has 0 radical (unpaired) electrons. The molecule has 1 aliphatic heterocycles. The van der Waals surface area contributed by atoms with E-state index in [0.717, 1.165) is 38.6 Å². The summed E-state index contributed by atoms with van der Waals surface area (Å²) in [5.74, 6) is 0. The zero-order chi connectivity index (χ0) is 11.4. The third-order valence-electron chi connectivity index (χ3n) is 4.64. The minimum absolute atomic E-state index is 0.214. The van der Waals surface area contributed by atoms with Crippen molar-refractivity contribution in [1.82, 2.24) is 4.90 Å². The fourth-order valence-corrected chi connectivity index (χ4v) is 3.37. The zero-order valence-electron chi connectivity index (χ0n) is 10.6. The van der Waals surface area contributed by atoms with Crippen molar-refractivity contribution in [2.45, 2.75) is 56.5 Å². The molecule has 2 rings (SSSR count). The molecule has 0 spiro atoms. The lowest BCUT2D eigenvalue weighted by Gasteiger charge is -2.44. The molecule has 3 heteroatoms. The molecule has 0 aromatic rings. The van der Waals surface area contributed by atoms with Crippen LogP contribution in [-0.2, 0) is 4.74 Å². The van der Waals surface area contributed by atoms with Crippen LogP contribution in [0.15, 0.2) is 0 Å². The van der Waals surface area contributed by atoms with Crippen LogP contribution in [0.1, 0.15) is 44.9 Å². The van der Waals surface area contributed by atoms with Crippen LogP contribution in [0, 0.1) is 0 Å². The van der Waals surface area contributed by atoms with E-state index in [-0.39, 0.29) is 5.54 Å². The van der Waals surface area contributed by atoms with Gasteiger partial charge < -0.3 is 10.5 Å². The average molecular weight is 226 g/mol. The summed E-state index contributed by atoms with van der Waals surface area (Å²) < 4.78 is 5.58. The smallest absolute Gasteiger partial charge is 0.0484 e. The maximum atomic E-state index is 6.08. The fourth-order valence-electron chi connectivity index (χ4n) is 3.37. The van der Waals surface area contributed by atoms with Gasteiger partial charge in [-0.2, -0.15) is 0 Å². The van der Waals surface area contributed by atoms with Gasteiger partial charge in [-0.1, -0.05) is 12.8 Å². The Morgan fingerprint density at radius 1 is 1.19 bits per heavy atom. The van der Waals surface area contributed by atoms with Crippen molar-refractivity contribution in [3.63, 3.8) is 0 Å². The van der Waals surface area contributed by atoms with Crippen LogP contribution in [0.4, 0.5) is 0 Å². The van der Waals surface area contributed by atoms with Crippen LogP contribution in [0.2, 0.25) is 0 Å². The van der Waals surface area contributed by atoms with E-state index in [1.54, 1.807) is 0 Å². The summed E-state index contributed by atoms with van der Waals surface area (Å²) in [7, 11) is 2.29. The lowest BCUT2D eigenvalue weighted by atomic mass is 9.87. The van der Waals surface area contributed by atoms with Gasteiger partial charge in [-0.15, -0.1) is 0 Å². The van der Waals surface area contributed by atoms with Crippen molar-refractivity contribution in [2.24, 2.45) is 5.73 Å². The van der Waals surface area contributed by atoms with Crippen molar-refractivity contribution < 1.29 is 4.74 Å². The molecule has 1 heterocycles. The Kier molecular flexibility index (Phi) is 4.22. The number of hydrogen-bond donors (Lipinski definition) is 1. The Hall–Kier alpha value is -0.120. The third kappa shape index (κ3) is 2.41. The second-order valence-electron chi connectivity index (χ2n) is 5.44. The van der Waals surface area contributed by atoms with E-state index < -0.39 is 0 Å².